The minimum Gasteiger partial charge on any atom is -0.399 e. The Kier molecular flexibility index (Phi) is 4.39. The van der Waals surface area contributed by atoms with Crippen molar-refractivity contribution in [2.24, 2.45) is 0 Å². The molecule has 7 nitrogen and oxygen atoms in total. The molecule has 0 spiro atoms. The highest BCUT2D eigenvalue weighted by Gasteiger charge is 2.10. The summed E-state index contributed by atoms with van der Waals surface area (Å²) in [7, 11) is 0. The first-order chi connectivity index (χ1) is 13.1. The summed E-state index contributed by atoms with van der Waals surface area (Å²) in [6.45, 7) is 0. The lowest BCUT2D eigenvalue weighted by atomic mass is 10.3. The van der Waals surface area contributed by atoms with Gasteiger partial charge >= 0.3 is 0 Å². The number of aromatic nitrogens is 4. The van der Waals surface area contributed by atoms with Gasteiger partial charge in [0.05, 0.1) is 11.2 Å². The summed E-state index contributed by atoms with van der Waals surface area (Å²) in [5, 5.41) is 6.17. The number of fused-ring (bicyclic) bond motifs is 1. The molecule has 0 bridgehead atoms. The molecule has 0 saturated carbocycles. The van der Waals surface area contributed by atoms with Crippen molar-refractivity contribution in [1.29, 1.82) is 0 Å². The van der Waals surface area contributed by atoms with Crippen LogP contribution in [0.1, 0.15) is 0 Å². The van der Waals surface area contributed by atoms with Gasteiger partial charge in [-0.05, 0) is 36.4 Å². The fraction of sp³-hybridized carbons (Fsp3) is 0. The van der Waals surface area contributed by atoms with Gasteiger partial charge in [0.15, 0.2) is 5.82 Å². The Hall–Kier alpha value is -3.52. The van der Waals surface area contributed by atoms with Crippen LogP contribution in [0.4, 0.5) is 33.2 Å². The summed E-state index contributed by atoms with van der Waals surface area (Å²) in [5.74, 6) is 0.314. The van der Waals surface area contributed by atoms with E-state index in [-0.39, 0.29) is 5.02 Å². The molecule has 0 saturated heterocycles. The zero-order valence-corrected chi connectivity index (χ0v) is 14.6. The number of nitrogens with one attached hydrogen (secondary N) is 2. The fourth-order valence-corrected chi connectivity index (χ4v) is 2.64. The van der Waals surface area contributed by atoms with Crippen molar-refractivity contribution in [2.45, 2.75) is 0 Å². The average molecular weight is 382 g/mol. The number of hydrogen-bond acceptors (Lipinski definition) is 7. The van der Waals surface area contributed by atoms with Crippen LogP contribution in [0.3, 0.4) is 0 Å². The molecule has 0 aliphatic rings. The minimum absolute atomic E-state index is 0.0111. The predicted octanol–water partition coefficient (Wildman–Crippen LogP) is 4.28. The van der Waals surface area contributed by atoms with Crippen LogP contribution >= 0.6 is 11.6 Å². The lowest BCUT2D eigenvalue weighted by Gasteiger charge is -2.10. The quantitative estimate of drug-likeness (QED) is 0.453. The Morgan fingerprint density at radius 3 is 2.63 bits per heavy atom. The van der Waals surface area contributed by atoms with Crippen LogP contribution in [0.2, 0.25) is 5.02 Å². The third kappa shape index (κ3) is 3.70. The van der Waals surface area contributed by atoms with Crippen molar-refractivity contribution in [3.63, 3.8) is 0 Å². The van der Waals surface area contributed by atoms with Gasteiger partial charge in [-0.2, -0.15) is 0 Å². The predicted molar refractivity (Wildman–Crippen MR) is 104 cm³/mol. The first kappa shape index (κ1) is 16.9. The van der Waals surface area contributed by atoms with Gasteiger partial charge in [-0.25, -0.2) is 24.3 Å². The summed E-state index contributed by atoms with van der Waals surface area (Å²) in [6.07, 6.45) is 2.98. The molecule has 0 amide bonds. The van der Waals surface area contributed by atoms with Gasteiger partial charge in [0, 0.05) is 17.1 Å². The number of nitrogens with two attached hydrogens (primary N) is 1. The van der Waals surface area contributed by atoms with Crippen molar-refractivity contribution in [2.75, 3.05) is 16.4 Å². The van der Waals surface area contributed by atoms with Crippen LogP contribution in [-0.4, -0.2) is 19.9 Å². The molecule has 0 atom stereocenters. The molecular weight excluding hydrogens is 369 g/mol. The molecule has 4 N–H and O–H groups in total. The van der Waals surface area contributed by atoms with Gasteiger partial charge in [0.25, 0.3) is 0 Å². The molecule has 4 rings (SSSR count). The number of hydrogen-bond donors (Lipinski definition) is 3. The Labute approximate surface area is 158 Å². The van der Waals surface area contributed by atoms with E-state index in [9.17, 15) is 4.39 Å². The Balaban J connectivity index is 1.69. The van der Waals surface area contributed by atoms with Crippen molar-refractivity contribution >= 4 is 51.5 Å². The van der Waals surface area contributed by atoms with Crippen LogP contribution in [0.15, 0.2) is 55.0 Å². The van der Waals surface area contributed by atoms with Gasteiger partial charge in [-0.15, -0.1) is 0 Å². The third-order valence-electron chi connectivity index (χ3n) is 3.70. The molecule has 0 radical (unpaired) electrons. The SMILES string of the molecule is Nc1cccc(Nc2ncc3ncnc(Nc4ccc(F)c(Cl)c4)c3n2)c1. The van der Waals surface area contributed by atoms with Crippen molar-refractivity contribution < 1.29 is 4.39 Å². The molecule has 4 aromatic rings. The summed E-state index contributed by atoms with van der Waals surface area (Å²) in [6, 6.07) is 11.5. The highest BCUT2D eigenvalue weighted by atomic mass is 35.5. The normalized spacial score (nSPS) is 10.7. The fourth-order valence-electron chi connectivity index (χ4n) is 2.46. The van der Waals surface area contributed by atoms with Crippen LogP contribution < -0.4 is 16.4 Å². The van der Waals surface area contributed by atoms with Crippen molar-refractivity contribution in [3.8, 4) is 0 Å². The lowest BCUT2D eigenvalue weighted by molar-refractivity contribution is 0.628. The molecule has 9 heteroatoms. The summed E-state index contributed by atoms with van der Waals surface area (Å²) < 4.78 is 13.4. The molecule has 0 aliphatic heterocycles. The van der Waals surface area contributed by atoms with Gasteiger partial charge < -0.3 is 16.4 Å². The number of halogens is 2. The van der Waals surface area contributed by atoms with Crippen molar-refractivity contribution in [3.05, 3.63) is 65.8 Å². The molecule has 2 aromatic carbocycles. The highest BCUT2D eigenvalue weighted by molar-refractivity contribution is 6.31. The third-order valence-corrected chi connectivity index (χ3v) is 3.99. The zero-order chi connectivity index (χ0) is 18.8. The van der Waals surface area contributed by atoms with Crippen molar-refractivity contribution in [1.82, 2.24) is 19.9 Å². The van der Waals surface area contributed by atoms with E-state index in [4.69, 9.17) is 17.3 Å². The van der Waals surface area contributed by atoms with Crippen LogP contribution in [-0.2, 0) is 0 Å². The number of anilines is 5. The van der Waals surface area contributed by atoms with Gasteiger partial charge in [0.1, 0.15) is 23.2 Å². The molecule has 2 heterocycles. The van der Waals surface area contributed by atoms with E-state index in [1.165, 1.54) is 18.5 Å². The molecule has 27 heavy (non-hydrogen) atoms. The second-order valence-corrected chi connectivity index (χ2v) is 6.06. The molecule has 0 unspecified atom stereocenters. The summed E-state index contributed by atoms with van der Waals surface area (Å²) in [4.78, 5) is 17.1. The number of benzene rings is 2. The van der Waals surface area contributed by atoms with Gasteiger partial charge in [0.2, 0.25) is 5.95 Å². The van der Waals surface area contributed by atoms with E-state index in [0.717, 1.165) is 5.69 Å². The van der Waals surface area contributed by atoms with E-state index < -0.39 is 5.82 Å². The molecular formula is C18H13ClFN7. The standard InChI is InChI=1S/C18H13ClFN7/c19-13-7-12(4-5-14(13)20)25-17-16-15(23-9-24-17)8-22-18(27-16)26-11-3-1-2-10(21)6-11/h1-9H,21H2,(H,22,26,27)(H,23,24,25). The van der Waals surface area contributed by atoms with E-state index >= 15 is 0 Å². The topological polar surface area (TPSA) is 102 Å². The zero-order valence-electron chi connectivity index (χ0n) is 13.8. The molecule has 0 aliphatic carbocycles. The smallest absolute Gasteiger partial charge is 0.227 e. The second kappa shape index (κ2) is 7.00. The number of nitrogens with zero attached hydrogens (tertiary/aromatic N) is 4. The minimum atomic E-state index is -0.495. The maximum atomic E-state index is 13.4. The maximum absolute atomic E-state index is 13.4. The summed E-state index contributed by atoms with van der Waals surface area (Å²) >= 11 is 5.83. The van der Waals surface area contributed by atoms with E-state index in [1.54, 1.807) is 24.4 Å². The lowest BCUT2D eigenvalue weighted by Crippen LogP contribution is -2.02. The largest absolute Gasteiger partial charge is 0.399 e. The molecule has 2 aromatic heterocycles. The first-order valence-corrected chi connectivity index (χ1v) is 8.29. The van der Waals surface area contributed by atoms with Gasteiger partial charge in [-0.1, -0.05) is 17.7 Å². The Morgan fingerprint density at radius 1 is 0.963 bits per heavy atom. The molecule has 134 valence electrons. The summed E-state index contributed by atoms with van der Waals surface area (Å²) in [5.41, 5.74) is 8.80. The average Bonchev–Trinajstić information content (AvgIpc) is 2.65. The highest BCUT2D eigenvalue weighted by Crippen LogP contribution is 2.25. The van der Waals surface area contributed by atoms with Crippen LogP contribution in [0.25, 0.3) is 11.0 Å². The van der Waals surface area contributed by atoms with Crippen LogP contribution in [0.5, 0.6) is 0 Å². The van der Waals surface area contributed by atoms with Gasteiger partial charge in [-0.3, -0.25) is 0 Å². The Morgan fingerprint density at radius 2 is 1.81 bits per heavy atom. The second-order valence-electron chi connectivity index (χ2n) is 5.65. The first-order valence-electron chi connectivity index (χ1n) is 7.91. The Bertz CT molecular complexity index is 1140. The van der Waals surface area contributed by atoms with Crippen LogP contribution in [0, 0.1) is 5.82 Å². The molecule has 0 fully saturated rings. The maximum Gasteiger partial charge on any atom is 0.227 e. The monoisotopic (exact) mass is 381 g/mol. The van der Waals surface area contributed by atoms with E-state index in [1.807, 2.05) is 12.1 Å². The van der Waals surface area contributed by atoms with E-state index in [2.05, 4.69) is 30.6 Å². The van der Waals surface area contributed by atoms with E-state index in [0.29, 0.717) is 34.2 Å². The number of nitrogen functional groups attached to an aromatic ring is 1. The number of rotatable bonds is 4.